The van der Waals surface area contributed by atoms with Crippen LogP contribution < -0.4 is 10.6 Å². The van der Waals surface area contributed by atoms with Crippen molar-refractivity contribution in [2.45, 2.75) is 26.2 Å². The number of anilines is 1. The second kappa shape index (κ2) is 5.80. The number of hydrogen-bond acceptors (Lipinski definition) is 4. The molecule has 0 radical (unpaired) electrons. The van der Waals surface area contributed by atoms with E-state index in [1.807, 2.05) is 0 Å². The van der Waals surface area contributed by atoms with Crippen LogP contribution in [-0.4, -0.2) is 29.5 Å². The second-order valence-electron chi connectivity index (χ2n) is 5.03. The quantitative estimate of drug-likeness (QED) is 0.851. The molecule has 5 nitrogen and oxygen atoms in total. The Bertz CT molecular complexity index is 404. The Morgan fingerprint density at radius 1 is 1.39 bits per heavy atom. The summed E-state index contributed by atoms with van der Waals surface area (Å²) < 4.78 is 0. The molecule has 1 amide bonds. The van der Waals surface area contributed by atoms with Gasteiger partial charge in [-0.25, -0.2) is 9.97 Å². The molecule has 1 fully saturated rings. The van der Waals surface area contributed by atoms with Crippen LogP contribution in [0.25, 0.3) is 0 Å². The molecule has 98 valence electrons. The number of aromatic nitrogens is 2. The highest BCUT2D eigenvalue weighted by atomic mass is 16.1. The molecule has 0 bridgehead atoms. The molecule has 1 heterocycles. The van der Waals surface area contributed by atoms with Crippen LogP contribution in [0.1, 0.15) is 36.7 Å². The first-order chi connectivity index (χ1) is 8.69. The zero-order valence-corrected chi connectivity index (χ0v) is 10.9. The van der Waals surface area contributed by atoms with Crippen molar-refractivity contribution >= 4 is 11.7 Å². The maximum atomic E-state index is 11.8. The normalized spacial score (nSPS) is 22.8. The Kier molecular flexibility index (Phi) is 4.12. The van der Waals surface area contributed by atoms with Crippen LogP contribution in [0.3, 0.4) is 0 Å². The van der Waals surface area contributed by atoms with E-state index < -0.39 is 0 Å². The monoisotopic (exact) mass is 248 g/mol. The highest BCUT2D eigenvalue weighted by Gasteiger charge is 2.21. The Morgan fingerprint density at radius 3 is 2.78 bits per heavy atom. The molecule has 2 unspecified atom stereocenters. The minimum absolute atomic E-state index is 0.135. The fourth-order valence-electron chi connectivity index (χ4n) is 2.41. The Labute approximate surface area is 107 Å². The summed E-state index contributed by atoms with van der Waals surface area (Å²) in [5.74, 6) is 1.94. The van der Waals surface area contributed by atoms with E-state index >= 15 is 0 Å². The summed E-state index contributed by atoms with van der Waals surface area (Å²) in [6.45, 7) is 3.02. The van der Waals surface area contributed by atoms with E-state index in [-0.39, 0.29) is 5.91 Å². The van der Waals surface area contributed by atoms with Gasteiger partial charge in [0, 0.05) is 13.6 Å². The third kappa shape index (κ3) is 3.18. The van der Waals surface area contributed by atoms with Gasteiger partial charge in [-0.15, -0.1) is 0 Å². The van der Waals surface area contributed by atoms with Crippen LogP contribution in [-0.2, 0) is 0 Å². The average Bonchev–Trinajstić information content (AvgIpc) is 2.82. The molecule has 2 rings (SSSR count). The van der Waals surface area contributed by atoms with Crippen molar-refractivity contribution in [2.24, 2.45) is 11.8 Å². The van der Waals surface area contributed by atoms with Gasteiger partial charge in [-0.3, -0.25) is 4.79 Å². The Balaban J connectivity index is 1.83. The molecule has 2 N–H and O–H groups in total. The van der Waals surface area contributed by atoms with Crippen molar-refractivity contribution in [2.75, 3.05) is 18.9 Å². The van der Waals surface area contributed by atoms with Crippen LogP contribution in [0, 0.1) is 11.8 Å². The van der Waals surface area contributed by atoms with Gasteiger partial charge in [0.2, 0.25) is 0 Å². The number of rotatable bonds is 4. The largest absolute Gasteiger partial charge is 0.372 e. The van der Waals surface area contributed by atoms with Crippen LogP contribution in [0.15, 0.2) is 12.4 Å². The Morgan fingerprint density at radius 2 is 2.22 bits per heavy atom. The second-order valence-corrected chi connectivity index (χ2v) is 5.03. The van der Waals surface area contributed by atoms with E-state index in [4.69, 9.17) is 0 Å². The SMILES string of the molecule is CNc1cnc(C(=O)NCC2CCC(C)C2)cn1. The zero-order valence-electron chi connectivity index (χ0n) is 10.9. The number of hydrogen-bond donors (Lipinski definition) is 2. The number of nitrogens with one attached hydrogen (secondary N) is 2. The van der Waals surface area contributed by atoms with Crippen molar-refractivity contribution in [3.63, 3.8) is 0 Å². The Hall–Kier alpha value is -1.65. The minimum Gasteiger partial charge on any atom is -0.372 e. The van der Waals surface area contributed by atoms with E-state index in [1.54, 1.807) is 13.2 Å². The molecule has 1 aliphatic carbocycles. The first kappa shape index (κ1) is 12.8. The summed E-state index contributed by atoms with van der Waals surface area (Å²) in [5.41, 5.74) is 0.375. The highest BCUT2D eigenvalue weighted by Crippen LogP contribution is 2.29. The van der Waals surface area contributed by atoms with Gasteiger partial charge in [-0.1, -0.05) is 13.3 Å². The lowest BCUT2D eigenvalue weighted by molar-refractivity contribution is 0.0942. The van der Waals surface area contributed by atoms with Crippen molar-refractivity contribution in [1.82, 2.24) is 15.3 Å². The molecule has 0 aliphatic heterocycles. The van der Waals surface area contributed by atoms with E-state index in [0.717, 1.165) is 12.5 Å². The van der Waals surface area contributed by atoms with Crippen LogP contribution in [0.2, 0.25) is 0 Å². The van der Waals surface area contributed by atoms with Crippen LogP contribution in [0.5, 0.6) is 0 Å². The van der Waals surface area contributed by atoms with E-state index in [9.17, 15) is 4.79 Å². The van der Waals surface area contributed by atoms with Gasteiger partial charge in [0.15, 0.2) is 0 Å². The first-order valence-corrected chi connectivity index (χ1v) is 6.47. The molecule has 1 saturated carbocycles. The summed E-state index contributed by atoms with van der Waals surface area (Å²) in [6.07, 6.45) is 6.76. The zero-order chi connectivity index (χ0) is 13.0. The standard InChI is InChI=1S/C13H20N4O/c1-9-3-4-10(5-9)6-17-13(18)11-7-16-12(14-2)8-15-11/h7-10H,3-6H2,1-2H3,(H,14,16)(H,17,18). The van der Waals surface area contributed by atoms with Gasteiger partial charge in [0.25, 0.3) is 5.91 Å². The lowest BCUT2D eigenvalue weighted by atomic mass is 10.1. The lowest BCUT2D eigenvalue weighted by Gasteiger charge is -2.10. The molecule has 0 saturated heterocycles. The molecule has 1 aromatic rings. The first-order valence-electron chi connectivity index (χ1n) is 6.47. The number of amides is 1. The topological polar surface area (TPSA) is 66.9 Å². The van der Waals surface area contributed by atoms with Gasteiger partial charge < -0.3 is 10.6 Å². The van der Waals surface area contributed by atoms with Crippen LogP contribution >= 0.6 is 0 Å². The molecule has 1 aromatic heterocycles. The van der Waals surface area contributed by atoms with Gasteiger partial charge in [-0.2, -0.15) is 0 Å². The molecule has 0 spiro atoms. The van der Waals surface area contributed by atoms with Gasteiger partial charge in [0.05, 0.1) is 12.4 Å². The van der Waals surface area contributed by atoms with Gasteiger partial charge in [0.1, 0.15) is 11.5 Å². The predicted octanol–water partition coefficient (Wildman–Crippen LogP) is 1.68. The van der Waals surface area contributed by atoms with Gasteiger partial charge >= 0.3 is 0 Å². The fraction of sp³-hybridized carbons (Fsp3) is 0.615. The maximum Gasteiger partial charge on any atom is 0.271 e. The summed E-state index contributed by atoms with van der Waals surface area (Å²) in [7, 11) is 1.77. The number of carbonyl (C=O) groups is 1. The molecule has 18 heavy (non-hydrogen) atoms. The van der Waals surface area contributed by atoms with E-state index in [0.29, 0.717) is 17.4 Å². The molecular formula is C13H20N4O. The predicted molar refractivity (Wildman–Crippen MR) is 70.4 cm³/mol. The maximum absolute atomic E-state index is 11.8. The molecule has 2 atom stereocenters. The summed E-state index contributed by atoms with van der Waals surface area (Å²) in [4.78, 5) is 20.0. The van der Waals surface area contributed by atoms with Crippen molar-refractivity contribution in [3.05, 3.63) is 18.1 Å². The lowest BCUT2D eigenvalue weighted by Crippen LogP contribution is -2.29. The third-order valence-electron chi connectivity index (χ3n) is 3.50. The van der Waals surface area contributed by atoms with Gasteiger partial charge in [-0.05, 0) is 24.7 Å². The smallest absolute Gasteiger partial charge is 0.271 e. The fourth-order valence-corrected chi connectivity index (χ4v) is 2.41. The molecule has 1 aliphatic rings. The van der Waals surface area contributed by atoms with Crippen molar-refractivity contribution < 1.29 is 4.79 Å². The van der Waals surface area contributed by atoms with Crippen LogP contribution in [0.4, 0.5) is 5.82 Å². The average molecular weight is 248 g/mol. The van der Waals surface area contributed by atoms with E-state index in [1.165, 1.54) is 25.5 Å². The number of carbonyl (C=O) groups excluding carboxylic acids is 1. The molecule has 0 aromatic carbocycles. The molecule has 5 heteroatoms. The summed E-state index contributed by atoms with van der Waals surface area (Å²) in [5, 5.41) is 5.81. The number of nitrogens with zero attached hydrogens (tertiary/aromatic N) is 2. The highest BCUT2D eigenvalue weighted by molar-refractivity contribution is 5.91. The minimum atomic E-state index is -0.135. The summed E-state index contributed by atoms with van der Waals surface area (Å²) >= 11 is 0. The molecular weight excluding hydrogens is 228 g/mol. The van der Waals surface area contributed by atoms with Crippen molar-refractivity contribution in [1.29, 1.82) is 0 Å². The van der Waals surface area contributed by atoms with Crippen molar-refractivity contribution in [3.8, 4) is 0 Å². The van der Waals surface area contributed by atoms with E-state index in [2.05, 4.69) is 27.5 Å². The third-order valence-corrected chi connectivity index (χ3v) is 3.50. The summed E-state index contributed by atoms with van der Waals surface area (Å²) in [6, 6.07) is 0.